The smallest absolute Gasteiger partial charge is 0.317 e. The number of amides is 2. The van der Waals surface area contributed by atoms with Crippen LogP contribution in [0.5, 0.6) is 0 Å². The van der Waals surface area contributed by atoms with Crippen LogP contribution in [-0.2, 0) is 0 Å². The topological polar surface area (TPSA) is 58.4 Å². The highest BCUT2D eigenvalue weighted by atomic mass is 16.2. The summed E-state index contributed by atoms with van der Waals surface area (Å²) in [7, 11) is 0. The third kappa shape index (κ3) is 3.22. The molecule has 1 aliphatic carbocycles. The summed E-state index contributed by atoms with van der Waals surface area (Å²) >= 11 is 0. The van der Waals surface area contributed by atoms with Crippen molar-refractivity contribution >= 4 is 6.03 Å². The minimum atomic E-state index is 0.0680. The van der Waals surface area contributed by atoms with Gasteiger partial charge in [0.25, 0.3) is 0 Å². The second-order valence-corrected chi connectivity index (χ2v) is 3.40. The molecule has 0 saturated heterocycles. The lowest BCUT2D eigenvalue weighted by Crippen LogP contribution is -2.42. The van der Waals surface area contributed by atoms with Crippen molar-refractivity contribution in [1.82, 2.24) is 10.2 Å². The highest BCUT2D eigenvalue weighted by molar-refractivity contribution is 5.74. The molecule has 4 nitrogen and oxygen atoms in total. The molecule has 0 atom stereocenters. The molecule has 1 aliphatic rings. The predicted molar refractivity (Wildman–Crippen MR) is 52.5 cm³/mol. The summed E-state index contributed by atoms with van der Waals surface area (Å²) in [6, 6.07) is 0.552. The van der Waals surface area contributed by atoms with Gasteiger partial charge in [-0.15, -0.1) is 0 Å². The van der Waals surface area contributed by atoms with Gasteiger partial charge in [-0.2, -0.15) is 0 Å². The molecule has 0 heterocycles. The number of hydrogen-bond donors (Lipinski definition) is 2. The van der Waals surface area contributed by atoms with E-state index in [4.69, 9.17) is 5.73 Å². The van der Waals surface area contributed by atoms with Gasteiger partial charge >= 0.3 is 6.03 Å². The number of hydrogen-bond acceptors (Lipinski definition) is 2. The first-order valence-corrected chi connectivity index (χ1v) is 5.04. The van der Waals surface area contributed by atoms with Crippen molar-refractivity contribution in [2.75, 3.05) is 19.6 Å². The zero-order chi connectivity index (χ0) is 9.68. The van der Waals surface area contributed by atoms with Crippen LogP contribution in [0, 0.1) is 0 Å². The fraction of sp³-hybridized carbons (Fsp3) is 0.889. The minimum Gasteiger partial charge on any atom is -0.338 e. The number of nitrogens with two attached hydrogens (primary N) is 1. The maximum absolute atomic E-state index is 11.5. The molecule has 4 heteroatoms. The molecule has 1 fully saturated rings. The Hall–Kier alpha value is -0.770. The van der Waals surface area contributed by atoms with Crippen molar-refractivity contribution in [2.45, 2.75) is 32.2 Å². The van der Waals surface area contributed by atoms with Gasteiger partial charge in [-0.25, -0.2) is 4.79 Å². The fourth-order valence-electron chi connectivity index (χ4n) is 1.35. The summed E-state index contributed by atoms with van der Waals surface area (Å²) in [5.74, 6) is 0. The molecule has 0 aromatic heterocycles. The van der Waals surface area contributed by atoms with E-state index in [1.54, 1.807) is 0 Å². The van der Waals surface area contributed by atoms with E-state index in [0.29, 0.717) is 19.1 Å². The molecule has 0 unspecified atom stereocenters. The Morgan fingerprint density at radius 3 is 2.77 bits per heavy atom. The summed E-state index contributed by atoms with van der Waals surface area (Å²) in [5.41, 5.74) is 5.41. The lowest BCUT2D eigenvalue weighted by atomic mass is 10.4. The Morgan fingerprint density at radius 2 is 2.31 bits per heavy atom. The van der Waals surface area contributed by atoms with E-state index < -0.39 is 0 Å². The molecular weight excluding hydrogens is 166 g/mol. The lowest BCUT2D eigenvalue weighted by molar-refractivity contribution is 0.195. The zero-order valence-electron chi connectivity index (χ0n) is 8.25. The van der Waals surface area contributed by atoms with E-state index in [1.165, 1.54) is 0 Å². The molecule has 3 N–H and O–H groups in total. The van der Waals surface area contributed by atoms with Crippen LogP contribution < -0.4 is 11.1 Å². The van der Waals surface area contributed by atoms with Crippen LogP contribution in [0.25, 0.3) is 0 Å². The standard InChI is InChI=1S/C9H19N3O/c1-2-11-9(13)12(7-3-6-10)8-4-5-8/h8H,2-7,10H2,1H3,(H,11,13). The summed E-state index contributed by atoms with van der Waals surface area (Å²) < 4.78 is 0. The molecule has 2 amide bonds. The number of urea groups is 1. The molecule has 0 radical (unpaired) electrons. The second-order valence-electron chi connectivity index (χ2n) is 3.40. The van der Waals surface area contributed by atoms with Gasteiger partial charge in [-0.1, -0.05) is 0 Å². The van der Waals surface area contributed by atoms with Crippen LogP contribution in [0.1, 0.15) is 26.2 Å². The van der Waals surface area contributed by atoms with Crippen molar-refractivity contribution in [3.8, 4) is 0 Å². The summed E-state index contributed by atoms with van der Waals surface area (Å²) in [6.07, 6.45) is 3.21. The summed E-state index contributed by atoms with van der Waals surface area (Å²) in [4.78, 5) is 13.4. The summed E-state index contributed by atoms with van der Waals surface area (Å²) in [6.45, 7) is 4.09. The molecule has 0 spiro atoms. The molecule has 0 bridgehead atoms. The number of nitrogens with one attached hydrogen (secondary N) is 1. The maximum Gasteiger partial charge on any atom is 0.317 e. The average molecular weight is 185 g/mol. The Kier molecular flexibility index (Phi) is 4.02. The minimum absolute atomic E-state index is 0.0680. The maximum atomic E-state index is 11.5. The molecule has 0 aliphatic heterocycles. The monoisotopic (exact) mass is 185 g/mol. The number of carbonyl (C=O) groups excluding carboxylic acids is 1. The highest BCUT2D eigenvalue weighted by Gasteiger charge is 2.31. The van der Waals surface area contributed by atoms with E-state index in [-0.39, 0.29) is 6.03 Å². The van der Waals surface area contributed by atoms with Gasteiger partial charge in [0.1, 0.15) is 0 Å². The fourth-order valence-corrected chi connectivity index (χ4v) is 1.35. The SMILES string of the molecule is CCNC(=O)N(CCCN)C1CC1. The summed E-state index contributed by atoms with van der Waals surface area (Å²) in [5, 5.41) is 2.82. The van der Waals surface area contributed by atoms with Crippen molar-refractivity contribution in [3.05, 3.63) is 0 Å². The third-order valence-corrected chi connectivity index (χ3v) is 2.18. The van der Waals surface area contributed by atoms with Crippen molar-refractivity contribution in [2.24, 2.45) is 5.73 Å². The third-order valence-electron chi connectivity index (χ3n) is 2.18. The van der Waals surface area contributed by atoms with Gasteiger partial charge < -0.3 is 16.0 Å². The van der Waals surface area contributed by atoms with Crippen molar-refractivity contribution < 1.29 is 4.79 Å². The Bertz CT molecular complexity index is 168. The van der Waals surface area contributed by atoms with Crippen LogP contribution in [0.4, 0.5) is 4.79 Å². The van der Waals surface area contributed by atoms with Crippen LogP contribution in [-0.4, -0.2) is 36.6 Å². The quantitative estimate of drug-likeness (QED) is 0.656. The Morgan fingerprint density at radius 1 is 1.62 bits per heavy atom. The van der Waals surface area contributed by atoms with Gasteiger partial charge in [0, 0.05) is 19.1 Å². The van der Waals surface area contributed by atoms with Crippen LogP contribution in [0.3, 0.4) is 0 Å². The molecule has 0 aromatic carbocycles. The van der Waals surface area contributed by atoms with E-state index >= 15 is 0 Å². The molecule has 0 aromatic rings. The second kappa shape index (κ2) is 5.07. The Labute approximate surface area is 79.5 Å². The number of carbonyl (C=O) groups is 1. The van der Waals surface area contributed by atoms with Gasteiger partial charge in [-0.05, 0) is 32.7 Å². The normalized spacial score (nSPS) is 15.5. The van der Waals surface area contributed by atoms with E-state index in [2.05, 4.69) is 5.32 Å². The number of rotatable bonds is 5. The predicted octanol–water partition coefficient (Wildman–Crippen LogP) is 0.529. The van der Waals surface area contributed by atoms with Gasteiger partial charge in [0.2, 0.25) is 0 Å². The van der Waals surface area contributed by atoms with E-state index in [9.17, 15) is 4.79 Å². The van der Waals surface area contributed by atoms with Crippen LogP contribution in [0.15, 0.2) is 0 Å². The molecular formula is C9H19N3O. The van der Waals surface area contributed by atoms with E-state index in [1.807, 2.05) is 11.8 Å². The first kappa shape index (κ1) is 10.3. The largest absolute Gasteiger partial charge is 0.338 e. The number of nitrogens with zero attached hydrogens (tertiary/aromatic N) is 1. The van der Waals surface area contributed by atoms with E-state index in [0.717, 1.165) is 25.8 Å². The van der Waals surface area contributed by atoms with Gasteiger partial charge in [0.05, 0.1) is 0 Å². The van der Waals surface area contributed by atoms with Gasteiger partial charge in [-0.3, -0.25) is 0 Å². The zero-order valence-corrected chi connectivity index (χ0v) is 8.25. The highest BCUT2D eigenvalue weighted by Crippen LogP contribution is 2.26. The lowest BCUT2D eigenvalue weighted by Gasteiger charge is -2.22. The van der Waals surface area contributed by atoms with Crippen LogP contribution >= 0.6 is 0 Å². The average Bonchev–Trinajstić information content (AvgIpc) is 2.89. The van der Waals surface area contributed by atoms with Gasteiger partial charge in [0.15, 0.2) is 0 Å². The van der Waals surface area contributed by atoms with Crippen molar-refractivity contribution in [3.63, 3.8) is 0 Å². The molecule has 1 saturated carbocycles. The molecule has 13 heavy (non-hydrogen) atoms. The first-order chi connectivity index (χ1) is 6.29. The first-order valence-electron chi connectivity index (χ1n) is 5.04. The van der Waals surface area contributed by atoms with Crippen molar-refractivity contribution in [1.29, 1.82) is 0 Å². The molecule has 1 rings (SSSR count). The Balaban J connectivity index is 2.32. The van der Waals surface area contributed by atoms with Crippen LogP contribution in [0.2, 0.25) is 0 Å². The molecule has 76 valence electrons.